The molecule has 0 amide bonds. The maximum absolute atomic E-state index is 9.57. The number of hydrogen-bond donors (Lipinski definition) is 2. The van der Waals surface area contributed by atoms with Crippen LogP contribution in [-0.2, 0) is 6.54 Å². The molecule has 0 fully saturated rings. The summed E-state index contributed by atoms with van der Waals surface area (Å²) in [5.74, 6) is 1.51. The zero-order valence-electron chi connectivity index (χ0n) is 12.3. The minimum absolute atomic E-state index is 0.150. The van der Waals surface area contributed by atoms with Gasteiger partial charge >= 0.3 is 0 Å². The van der Waals surface area contributed by atoms with Crippen molar-refractivity contribution in [3.63, 3.8) is 0 Å². The van der Waals surface area contributed by atoms with Crippen molar-refractivity contribution in [2.75, 3.05) is 12.4 Å². The molecule has 0 unspecified atom stereocenters. The number of aromatic nitrogens is 2. The fourth-order valence-corrected chi connectivity index (χ4v) is 1.94. The second-order valence-electron chi connectivity index (χ2n) is 5.09. The lowest BCUT2D eigenvalue weighted by Crippen LogP contribution is -2.04. The number of hydrogen-bond acceptors (Lipinski definition) is 4. The molecular weight excluding hydrogens is 254 g/mol. The minimum atomic E-state index is 0.150. The van der Waals surface area contributed by atoms with E-state index in [1.165, 1.54) is 0 Å². The molecular formula is C15H21N3O2. The monoisotopic (exact) mass is 275 g/mol. The van der Waals surface area contributed by atoms with Gasteiger partial charge in [-0.3, -0.25) is 4.68 Å². The van der Waals surface area contributed by atoms with E-state index < -0.39 is 0 Å². The summed E-state index contributed by atoms with van der Waals surface area (Å²) in [6.45, 7) is 6.86. The molecule has 108 valence electrons. The molecule has 1 aromatic carbocycles. The standard InChI is InChI=1S/C15H21N3O2/c1-10(2)18-9-11(3)15(17-18)16-8-12-5-6-13(19)14(7-12)20-4/h5-7,9-10,19H,8H2,1-4H3,(H,16,17). The van der Waals surface area contributed by atoms with E-state index in [9.17, 15) is 5.11 Å². The van der Waals surface area contributed by atoms with Crippen LogP contribution in [0.3, 0.4) is 0 Å². The topological polar surface area (TPSA) is 59.3 Å². The fraction of sp³-hybridized carbons (Fsp3) is 0.400. The van der Waals surface area contributed by atoms with E-state index in [1.807, 2.05) is 29.9 Å². The van der Waals surface area contributed by atoms with Crippen molar-refractivity contribution < 1.29 is 9.84 Å². The molecule has 0 saturated carbocycles. The summed E-state index contributed by atoms with van der Waals surface area (Å²) in [6, 6.07) is 5.66. The summed E-state index contributed by atoms with van der Waals surface area (Å²) in [6.07, 6.45) is 2.03. The lowest BCUT2D eigenvalue weighted by Gasteiger charge is -2.08. The molecule has 2 rings (SSSR count). The van der Waals surface area contributed by atoms with Gasteiger partial charge in [-0.05, 0) is 38.5 Å². The van der Waals surface area contributed by atoms with Gasteiger partial charge in [-0.25, -0.2) is 0 Å². The summed E-state index contributed by atoms with van der Waals surface area (Å²) in [7, 11) is 1.54. The number of aromatic hydroxyl groups is 1. The largest absolute Gasteiger partial charge is 0.504 e. The van der Waals surface area contributed by atoms with Crippen molar-refractivity contribution in [1.82, 2.24) is 9.78 Å². The number of benzene rings is 1. The van der Waals surface area contributed by atoms with Gasteiger partial charge < -0.3 is 15.2 Å². The lowest BCUT2D eigenvalue weighted by molar-refractivity contribution is 0.373. The van der Waals surface area contributed by atoms with Gasteiger partial charge in [-0.15, -0.1) is 0 Å². The van der Waals surface area contributed by atoms with Gasteiger partial charge in [0.1, 0.15) is 0 Å². The SMILES string of the molecule is COc1cc(CNc2nn(C(C)C)cc2C)ccc1O. The van der Waals surface area contributed by atoms with E-state index in [-0.39, 0.29) is 5.75 Å². The Morgan fingerprint density at radius 2 is 2.15 bits per heavy atom. The molecule has 20 heavy (non-hydrogen) atoms. The number of methoxy groups -OCH3 is 1. The van der Waals surface area contributed by atoms with Crippen LogP contribution in [0.4, 0.5) is 5.82 Å². The highest BCUT2D eigenvalue weighted by molar-refractivity contribution is 5.45. The highest BCUT2D eigenvalue weighted by atomic mass is 16.5. The maximum atomic E-state index is 9.57. The van der Waals surface area contributed by atoms with Crippen molar-refractivity contribution >= 4 is 5.82 Å². The first kappa shape index (κ1) is 14.2. The van der Waals surface area contributed by atoms with Crippen LogP contribution in [0.5, 0.6) is 11.5 Å². The third-order valence-electron chi connectivity index (χ3n) is 3.15. The van der Waals surface area contributed by atoms with Crippen LogP contribution in [0.15, 0.2) is 24.4 Å². The number of nitrogens with zero attached hydrogens (tertiary/aromatic N) is 2. The second-order valence-corrected chi connectivity index (χ2v) is 5.09. The summed E-state index contributed by atoms with van der Waals surface area (Å²) in [4.78, 5) is 0. The van der Waals surface area contributed by atoms with E-state index >= 15 is 0 Å². The Morgan fingerprint density at radius 1 is 1.40 bits per heavy atom. The molecule has 0 spiro atoms. The van der Waals surface area contributed by atoms with Crippen LogP contribution in [0, 0.1) is 6.92 Å². The number of nitrogens with one attached hydrogen (secondary N) is 1. The molecule has 0 bridgehead atoms. The van der Waals surface area contributed by atoms with Gasteiger partial charge in [-0.2, -0.15) is 5.10 Å². The summed E-state index contributed by atoms with van der Waals surface area (Å²) in [5.41, 5.74) is 2.14. The van der Waals surface area contributed by atoms with E-state index in [0.717, 1.165) is 16.9 Å². The number of phenols is 1. The number of anilines is 1. The van der Waals surface area contributed by atoms with Crippen molar-refractivity contribution in [2.45, 2.75) is 33.4 Å². The van der Waals surface area contributed by atoms with Gasteiger partial charge in [0.05, 0.1) is 7.11 Å². The molecule has 0 aliphatic heterocycles. The Morgan fingerprint density at radius 3 is 2.75 bits per heavy atom. The molecule has 1 aromatic heterocycles. The van der Waals surface area contributed by atoms with Gasteiger partial charge in [0.25, 0.3) is 0 Å². The van der Waals surface area contributed by atoms with E-state index in [1.54, 1.807) is 13.2 Å². The second kappa shape index (κ2) is 5.86. The Balaban J connectivity index is 2.08. The van der Waals surface area contributed by atoms with Crippen LogP contribution < -0.4 is 10.1 Å². The van der Waals surface area contributed by atoms with Crippen LogP contribution in [0.25, 0.3) is 0 Å². The van der Waals surface area contributed by atoms with Crippen LogP contribution in [0.2, 0.25) is 0 Å². The van der Waals surface area contributed by atoms with Gasteiger partial charge in [0, 0.05) is 24.3 Å². The highest BCUT2D eigenvalue weighted by Gasteiger charge is 2.08. The number of aryl methyl sites for hydroxylation is 1. The molecule has 0 aliphatic carbocycles. The summed E-state index contributed by atoms with van der Waals surface area (Å²) >= 11 is 0. The molecule has 0 saturated heterocycles. The van der Waals surface area contributed by atoms with E-state index in [0.29, 0.717) is 18.3 Å². The third-order valence-corrected chi connectivity index (χ3v) is 3.15. The van der Waals surface area contributed by atoms with Crippen LogP contribution >= 0.6 is 0 Å². The van der Waals surface area contributed by atoms with E-state index in [2.05, 4.69) is 24.3 Å². The van der Waals surface area contributed by atoms with Gasteiger partial charge in [0.15, 0.2) is 17.3 Å². The molecule has 5 heteroatoms. The first-order valence-corrected chi connectivity index (χ1v) is 6.66. The van der Waals surface area contributed by atoms with Crippen LogP contribution in [-0.4, -0.2) is 22.0 Å². The minimum Gasteiger partial charge on any atom is -0.504 e. The quantitative estimate of drug-likeness (QED) is 0.880. The van der Waals surface area contributed by atoms with Gasteiger partial charge in [-0.1, -0.05) is 6.07 Å². The fourth-order valence-electron chi connectivity index (χ4n) is 1.94. The van der Waals surface area contributed by atoms with Gasteiger partial charge in [0.2, 0.25) is 0 Å². The molecule has 0 aliphatic rings. The Kier molecular flexibility index (Phi) is 4.17. The Labute approximate surface area is 119 Å². The first-order chi connectivity index (χ1) is 9.51. The molecule has 1 heterocycles. The normalized spacial score (nSPS) is 10.8. The molecule has 2 N–H and O–H groups in total. The van der Waals surface area contributed by atoms with Crippen molar-refractivity contribution in [2.24, 2.45) is 0 Å². The first-order valence-electron chi connectivity index (χ1n) is 6.66. The van der Waals surface area contributed by atoms with Crippen molar-refractivity contribution in [3.05, 3.63) is 35.5 Å². The van der Waals surface area contributed by atoms with E-state index in [4.69, 9.17) is 4.74 Å². The predicted octanol–water partition coefficient (Wildman–Crippen LogP) is 3.10. The predicted molar refractivity (Wildman–Crippen MR) is 79.3 cm³/mol. The number of phenolic OH excluding ortho intramolecular Hbond substituents is 1. The zero-order valence-corrected chi connectivity index (χ0v) is 12.3. The summed E-state index contributed by atoms with van der Waals surface area (Å²) < 4.78 is 7.04. The zero-order chi connectivity index (χ0) is 14.7. The molecule has 0 radical (unpaired) electrons. The third kappa shape index (κ3) is 3.04. The number of ether oxygens (including phenoxy) is 1. The average molecular weight is 275 g/mol. The number of rotatable bonds is 5. The van der Waals surface area contributed by atoms with Crippen molar-refractivity contribution in [1.29, 1.82) is 0 Å². The maximum Gasteiger partial charge on any atom is 0.160 e. The summed E-state index contributed by atoms with van der Waals surface area (Å²) in [5, 5.41) is 17.4. The smallest absolute Gasteiger partial charge is 0.160 e. The lowest BCUT2D eigenvalue weighted by atomic mass is 10.2. The van der Waals surface area contributed by atoms with Crippen molar-refractivity contribution in [3.8, 4) is 11.5 Å². The highest BCUT2D eigenvalue weighted by Crippen LogP contribution is 2.26. The Hall–Kier alpha value is -2.17. The van der Waals surface area contributed by atoms with Crippen LogP contribution in [0.1, 0.15) is 31.0 Å². The Bertz CT molecular complexity index is 591. The molecule has 0 atom stereocenters. The average Bonchev–Trinajstić information content (AvgIpc) is 2.79. The molecule has 5 nitrogen and oxygen atoms in total. The molecule has 2 aromatic rings.